The second-order valence-electron chi connectivity index (χ2n) is 3.37. The van der Waals surface area contributed by atoms with Crippen molar-refractivity contribution in [3.8, 4) is 10.4 Å². The molecule has 0 radical (unpaired) electrons. The molecule has 0 unspecified atom stereocenters. The number of hydrogen-bond acceptors (Lipinski definition) is 4. The Hall–Kier alpha value is -1.13. The lowest BCUT2D eigenvalue weighted by Crippen LogP contribution is -1.96. The molecular formula is C11H12N2S2. The van der Waals surface area contributed by atoms with E-state index >= 15 is 0 Å². The van der Waals surface area contributed by atoms with Gasteiger partial charge in [-0.3, -0.25) is 0 Å². The van der Waals surface area contributed by atoms with Gasteiger partial charge in [0, 0.05) is 10.4 Å². The summed E-state index contributed by atoms with van der Waals surface area (Å²) >= 11 is 3.44. The average Bonchev–Trinajstić information content (AvgIpc) is 2.84. The van der Waals surface area contributed by atoms with E-state index in [0.717, 1.165) is 5.71 Å². The summed E-state index contributed by atoms with van der Waals surface area (Å²) in [6.07, 6.45) is 0. The summed E-state index contributed by atoms with van der Waals surface area (Å²) in [5.41, 5.74) is 3.44. The van der Waals surface area contributed by atoms with Crippen molar-refractivity contribution >= 4 is 28.4 Å². The lowest BCUT2D eigenvalue weighted by atomic mass is 10.1. The molecule has 0 fully saturated rings. The molecule has 0 amide bonds. The highest BCUT2D eigenvalue weighted by Crippen LogP contribution is 2.33. The maximum Gasteiger partial charge on any atom is 0.0747 e. The molecule has 0 spiro atoms. The van der Waals surface area contributed by atoms with Gasteiger partial charge in [0.2, 0.25) is 0 Å². The summed E-state index contributed by atoms with van der Waals surface area (Å²) in [4.78, 5) is 2.45. The first kappa shape index (κ1) is 10.4. The predicted octanol–water partition coefficient (Wildman–Crippen LogP) is 3.47. The van der Waals surface area contributed by atoms with E-state index in [0.29, 0.717) is 0 Å². The topological polar surface area (TPSA) is 38.4 Å². The molecule has 0 aromatic carbocycles. The minimum Gasteiger partial charge on any atom is -0.323 e. The Morgan fingerprint density at radius 1 is 1.40 bits per heavy atom. The minimum atomic E-state index is 0.894. The molecule has 2 N–H and O–H groups in total. The Labute approximate surface area is 97.1 Å². The molecular weight excluding hydrogens is 224 g/mol. The van der Waals surface area contributed by atoms with Gasteiger partial charge in [0.05, 0.1) is 10.6 Å². The third-order valence-electron chi connectivity index (χ3n) is 2.18. The molecule has 0 bridgehead atoms. The van der Waals surface area contributed by atoms with Crippen LogP contribution in [0.4, 0.5) is 0 Å². The van der Waals surface area contributed by atoms with Crippen molar-refractivity contribution in [3.05, 3.63) is 33.3 Å². The molecule has 78 valence electrons. The highest BCUT2D eigenvalue weighted by Gasteiger charge is 2.10. The molecule has 2 aromatic rings. The number of thiophene rings is 2. The van der Waals surface area contributed by atoms with E-state index in [9.17, 15) is 0 Å². The largest absolute Gasteiger partial charge is 0.323 e. The van der Waals surface area contributed by atoms with E-state index in [2.05, 4.69) is 34.9 Å². The quantitative estimate of drug-likeness (QED) is 0.484. The molecule has 2 heterocycles. The molecule has 15 heavy (non-hydrogen) atoms. The van der Waals surface area contributed by atoms with Gasteiger partial charge in [-0.05, 0) is 42.3 Å². The summed E-state index contributed by atoms with van der Waals surface area (Å²) < 4.78 is 0. The van der Waals surface area contributed by atoms with Crippen LogP contribution in [0.3, 0.4) is 0 Å². The Morgan fingerprint density at radius 2 is 2.20 bits per heavy atom. The number of hydrogen-bond donors (Lipinski definition) is 1. The molecule has 0 aliphatic heterocycles. The van der Waals surface area contributed by atoms with Crippen molar-refractivity contribution in [1.29, 1.82) is 0 Å². The molecule has 2 aromatic heterocycles. The van der Waals surface area contributed by atoms with Gasteiger partial charge in [-0.1, -0.05) is 0 Å². The molecule has 0 atom stereocenters. The standard InChI is InChI=1S/C11H12N2S2/c1-7-5-10(15-6-7)9-3-4-14-11(9)8(2)13-12/h3-6H,12H2,1-2H3. The highest BCUT2D eigenvalue weighted by molar-refractivity contribution is 7.15. The minimum absolute atomic E-state index is 0.894. The fourth-order valence-electron chi connectivity index (χ4n) is 1.41. The normalized spacial score (nSPS) is 12.0. The van der Waals surface area contributed by atoms with E-state index in [1.54, 1.807) is 22.7 Å². The molecule has 0 saturated carbocycles. The Balaban J connectivity index is 2.50. The van der Waals surface area contributed by atoms with Crippen LogP contribution in [0.1, 0.15) is 17.4 Å². The average molecular weight is 236 g/mol. The smallest absolute Gasteiger partial charge is 0.0747 e. The van der Waals surface area contributed by atoms with Crippen LogP contribution in [0.2, 0.25) is 0 Å². The van der Waals surface area contributed by atoms with Crippen molar-refractivity contribution in [3.63, 3.8) is 0 Å². The third-order valence-corrected chi connectivity index (χ3v) is 4.29. The summed E-state index contributed by atoms with van der Waals surface area (Å²) in [6, 6.07) is 4.32. The van der Waals surface area contributed by atoms with Gasteiger partial charge >= 0.3 is 0 Å². The molecule has 0 saturated heterocycles. The van der Waals surface area contributed by atoms with Crippen LogP contribution in [0.15, 0.2) is 28.0 Å². The Bertz CT molecular complexity index is 494. The molecule has 2 nitrogen and oxygen atoms in total. The number of rotatable bonds is 2. The van der Waals surface area contributed by atoms with Crippen molar-refractivity contribution in [2.75, 3.05) is 0 Å². The summed E-state index contributed by atoms with van der Waals surface area (Å²) in [7, 11) is 0. The molecule has 2 rings (SSSR count). The van der Waals surface area contributed by atoms with Crippen molar-refractivity contribution in [2.24, 2.45) is 10.9 Å². The van der Waals surface area contributed by atoms with Crippen LogP contribution in [0, 0.1) is 6.92 Å². The highest BCUT2D eigenvalue weighted by atomic mass is 32.1. The van der Waals surface area contributed by atoms with E-state index < -0.39 is 0 Å². The van der Waals surface area contributed by atoms with Crippen LogP contribution in [-0.4, -0.2) is 5.71 Å². The number of nitrogens with zero attached hydrogens (tertiary/aromatic N) is 1. The van der Waals surface area contributed by atoms with Gasteiger partial charge < -0.3 is 5.84 Å². The van der Waals surface area contributed by atoms with Gasteiger partial charge in [-0.2, -0.15) is 5.10 Å². The van der Waals surface area contributed by atoms with Crippen molar-refractivity contribution in [1.82, 2.24) is 0 Å². The van der Waals surface area contributed by atoms with Crippen LogP contribution in [0.5, 0.6) is 0 Å². The van der Waals surface area contributed by atoms with Gasteiger partial charge in [0.1, 0.15) is 0 Å². The van der Waals surface area contributed by atoms with E-state index in [1.807, 2.05) is 6.92 Å². The first-order valence-electron chi connectivity index (χ1n) is 4.60. The Kier molecular flexibility index (Phi) is 2.88. The number of aryl methyl sites for hydroxylation is 1. The third kappa shape index (κ3) is 1.96. The summed E-state index contributed by atoms with van der Waals surface area (Å²) in [5.74, 6) is 5.31. The van der Waals surface area contributed by atoms with Crippen LogP contribution in [-0.2, 0) is 0 Å². The van der Waals surface area contributed by atoms with Crippen LogP contribution in [0.25, 0.3) is 10.4 Å². The number of nitrogens with two attached hydrogens (primary N) is 1. The predicted molar refractivity (Wildman–Crippen MR) is 68.8 cm³/mol. The second-order valence-corrected chi connectivity index (χ2v) is 5.19. The van der Waals surface area contributed by atoms with Gasteiger partial charge in [-0.25, -0.2) is 0 Å². The second kappa shape index (κ2) is 4.16. The van der Waals surface area contributed by atoms with E-state index in [4.69, 9.17) is 5.84 Å². The van der Waals surface area contributed by atoms with Crippen molar-refractivity contribution in [2.45, 2.75) is 13.8 Å². The SMILES string of the molecule is CC(=NN)c1sccc1-c1cc(C)cs1. The fourth-order valence-corrected chi connectivity index (χ4v) is 3.28. The van der Waals surface area contributed by atoms with Crippen LogP contribution >= 0.6 is 22.7 Å². The molecule has 0 aliphatic carbocycles. The van der Waals surface area contributed by atoms with E-state index in [-0.39, 0.29) is 0 Å². The summed E-state index contributed by atoms with van der Waals surface area (Å²) in [6.45, 7) is 4.05. The zero-order valence-electron chi connectivity index (χ0n) is 8.65. The number of hydrazone groups is 1. The fraction of sp³-hybridized carbons (Fsp3) is 0.182. The molecule has 4 heteroatoms. The van der Waals surface area contributed by atoms with Crippen molar-refractivity contribution < 1.29 is 0 Å². The van der Waals surface area contributed by atoms with Gasteiger partial charge in [0.15, 0.2) is 0 Å². The first-order valence-corrected chi connectivity index (χ1v) is 6.36. The maximum atomic E-state index is 5.31. The van der Waals surface area contributed by atoms with E-state index in [1.165, 1.54) is 20.9 Å². The lowest BCUT2D eigenvalue weighted by Gasteiger charge is -1.99. The first-order chi connectivity index (χ1) is 7.22. The molecule has 0 aliphatic rings. The van der Waals surface area contributed by atoms with Crippen LogP contribution < -0.4 is 5.84 Å². The summed E-state index contributed by atoms with van der Waals surface area (Å²) in [5, 5.41) is 7.99. The van der Waals surface area contributed by atoms with Gasteiger partial charge in [-0.15, -0.1) is 22.7 Å². The zero-order chi connectivity index (χ0) is 10.8. The maximum absolute atomic E-state index is 5.31. The zero-order valence-corrected chi connectivity index (χ0v) is 10.3. The van der Waals surface area contributed by atoms with Gasteiger partial charge in [0.25, 0.3) is 0 Å². The Morgan fingerprint density at radius 3 is 2.80 bits per heavy atom. The lowest BCUT2D eigenvalue weighted by molar-refractivity contribution is 1.24. The monoisotopic (exact) mass is 236 g/mol.